The number of halogens is 1. The molecule has 0 aliphatic carbocycles. The summed E-state index contributed by atoms with van der Waals surface area (Å²) >= 11 is 6.11. The summed E-state index contributed by atoms with van der Waals surface area (Å²) < 4.78 is 10.4. The molecule has 0 saturated heterocycles. The zero-order valence-electron chi connectivity index (χ0n) is 11.0. The minimum absolute atomic E-state index is 0.0943. The Bertz CT molecular complexity index is 381. The molecule has 4 nitrogen and oxygen atoms in total. The number of aliphatic hydroxyl groups excluding tert-OH is 1. The first-order chi connectivity index (χ1) is 8.65. The Hall–Kier alpha value is -0.970. The van der Waals surface area contributed by atoms with E-state index in [0.29, 0.717) is 23.1 Å². The van der Waals surface area contributed by atoms with E-state index in [-0.39, 0.29) is 12.6 Å². The molecule has 0 saturated carbocycles. The van der Waals surface area contributed by atoms with Crippen molar-refractivity contribution in [3.8, 4) is 11.5 Å². The molecule has 1 atom stereocenters. The largest absolute Gasteiger partial charge is 0.493 e. The van der Waals surface area contributed by atoms with Crippen molar-refractivity contribution in [3.05, 3.63) is 22.7 Å². The van der Waals surface area contributed by atoms with Crippen molar-refractivity contribution >= 4 is 11.6 Å². The van der Waals surface area contributed by atoms with Crippen LogP contribution >= 0.6 is 11.6 Å². The average molecular weight is 274 g/mol. The van der Waals surface area contributed by atoms with Gasteiger partial charge in [0.1, 0.15) is 0 Å². The van der Waals surface area contributed by atoms with Crippen LogP contribution in [0.15, 0.2) is 12.1 Å². The van der Waals surface area contributed by atoms with E-state index in [1.54, 1.807) is 14.2 Å². The molecule has 0 radical (unpaired) electrons. The van der Waals surface area contributed by atoms with Crippen LogP contribution < -0.4 is 14.8 Å². The highest BCUT2D eigenvalue weighted by Crippen LogP contribution is 2.35. The van der Waals surface area contributed by atoms with Gasteiger partial charge < -0.3 is 19.9 Å². The van der Waals surface area contributed by atoms with Gasteiger partial charge in [-0.1, -0.05) is 18.5 Å². The maximum Gasteiger partial charge on any atom is 0.179 e. The van der Waals surface area contributed by atoms with Gasteiger partial charge in [-0.15, -0.1) is 0 Å². The topological polar surface area (TPSA) is 50.7 Å². The third-order valence-corrected chi connectivity index (χ3v) is 3.08. The maximum atomic E-state index is 9.11. The predicted molar refractivity (Wildman–Crippen MR) is 72.6 cm³/mol. The lowest BCUT2D eigenvalue weighted by Crippen LogP contribution is -2.31. The molecule has 0 bridgehead atoms. The van der Waals surface area contributed by atoms with E-state index in [2.05, 4.69) is 5.32 Å². The Kier molecular flexibility index (Phi) is 6.25. The van der Waals surface area contributed by atoms with E-state index in [1.807, 2.05) is 19.1 Å². The van der Waals surface area contributed by atoms with Gasteiger partial charge in [0.05, 0.1) is 25.8 Å². The highest BCUT2D eigenvalue weighted by molar-refractivity contribution is 6.32. The molecule has 18 heavy (non-hydrogen) atoms. The normalized spacial score (nSPS) is 12.3. The van der Waals surface area contributed by atoms with Crippen LogP contribution in [0.1, 0.15) is 18.9 Å². The van der Waals surface area contributed by atoms with E-state index >= 15 is 0 Å². The fourth-order valence-electron chi connectivity index (χ4n) is 1.67. The van der Waals surface area contributed by atoms with Gasteiger partial charge in [0.2, 0.25) is 0 Å². The monoisotopic (exact) mass is 273 g/mol. The molecule has 0 aromatic heterocycles. The number of benzene rings is 1. The molecule has 1 aromatic rings. The minimum Gasteiger partial charge on any atom is -0.493 e. The van der Waals surface area contributed by atoms with E-state index in [0.717, 1.165) is 12.0 Å². The number of hydrogen-bond donors (Lipinski definition) is 2. The summed E-state index contributed by atoms with van der Waals surface area (Å²) in [5.41, 5.74) is 0.990. The van der Waals surface area contributed by atoms with Crippen molar-refractivity contribution in [2.24, 2.45) is 0 Å². The summed E-state index contributed by atoms with van der Waals surface area (Å²) in [6, 6.07) is 3.80. The first kappa shape index (κ1) is 15.1. The van der Waals surface area contributed by atoms with Crippen molar-refractivity contribution in [2.45, 2.75) is 25.9 Å². The second kappa shape index (κ2) is 7.46. The number of ether oxygens (including phenoxy) is 2. The van der Waals surface area contributed by atoms with E-state index < -0.39 is 0 Å². The van der Waals surface area contributed by atoms with Gasteiger partial charge >= 0.3 is 0 Å². The molecule has 1 rings (SSSR count). The molecule has 0 aliphatic heterocycles. The standard InChI is InChI=1S/C13H20ClNO3/c1-4-10(8-16)15-7-9-5-11(14)13(18-3)12(6-9)17-2/h5-6,10,15-16H,4,7-8H2,1-3H3/t10-/m0/s1. The average Bonchev–Trinajstić information content (AvgIpc) is 2.39. The van der Waals surface area contributed by atoms with Crippen LogP contribution in [0.25, 0.3) is 0 Å². The van der Waals surface area contributed by atoms with Crippen LogP contribution in [0.2, 0.25) is 5.02 Å². The summed E-state index contributed by atoms with van der Waals surface area (Å²) in [6.07, 6.45) is 0.873. The molecule has 0 aliphatic rings. The van der Waals surface area contributed by atoms with Crippen molar-refractivity contribution in [3.63, 3.8) is 0 Å². The molecule has 0 unspecified atom stereocenters. The fourth-order valence-corrected chi connectivity index (χ4v) is 1.98. The Balaban J connectivity index is 2.81. The first-order valence-electron chi connectivity index (χ1n) is 5.90. The van der Waals surface area contributed by atoms with Crippen LogP contribution in [-0.4, -0.2) is 32.0 Å². The number of hydrogen-bond acceptors (Lipinski definition) is 4. The SMILES string of the molecule is CC[C@@H](CO)NCc1cc(Cl)c(OC)c(OC)c1. The molecule has 0 heterocycles. The highest BCUT2D eigenvalue weighted by Gasteiger charge is 2.11. The zero-order chi connectivity index (χ0) is 13.5. The summed E-state index contributed by atoms with van der Waals surface area (Å²) in [4.78, 5) is 0. The Morgan fingerprint density at radius 2 is 2.06 bits per heavy atom. The van der Waals surface area contributed by atoms with Gasteiger partial charge in [0.15, 0.2) is 11.5 Å². The summed E-state index contributed by atoms with van der Waals surface area (Å²) in [7, 11) is 3.13. The van der Waals surface area contributed by atoms with Crippen molar-refractivity contribution < 1.29 is 14.6 Å². The van der Waals surface area contributed by atoms with Crippen molar-refractivity contribution in [1.82, 2.24) is 5.32 Å². The Labute approximate surface area is 113 Å². The van der Waals surface area contributed by atoms with Gasteiger partial charge in [0, 0.05) is 12.6 Å². The molecular weight excluding hydrogens is 254 g/mol. The van der Waals surface area contributed by atoms with E-state index in [4.69, 9.17) is 26.2 Å². The molecule has 0 amide bonds. The van der Waals surface area contributed by atoms with Crippen molar-refractivity contribution in [1.29, 1.82) is 0 Å². The van der Waals surface area contributed by atoms with Gasteiger partial charge in [-0.25, -0.2) is 0 Å². The van der Waals surface area contributed by atoms with Crippen LogP contribution in [-0.2, 0) is 6.54 Å². The van der Waals surface area contributed by atoms with Crippen LogP contribution in [0.5, 0.6) is 11.5 Å². The van der Waals surface area contributed by atoms with E-state index in [1.165, 1.54) is 0 Å². The zero-order valence-corrected chi connectivity index (χ0v) is 11.8. The predicted octanol–water partition coefficient (Wildman–Crippen LogP) is 2.22. The minimum atomic E-state index is 0.0943. The molecule has 102 valence electrons. The third kappa shape index (κ3) is 3.77. The number of methoxy groups -OCH3 is 2. The molecule has 5 heteroatoms. The molecule has 0 fully saturated rings. The van der Waals surface area contributed by atoms with Crippen LogP contribution in [0.4, 0.5) is 0 Å². The highest BCUT2D eigenvalue weighted by atomic mass is 35.5. The molecule has 0 spiro atoms. The lowest BCUT2D eigenvalue weighted by molar-refractivity contribution is 0.238. The Morgan fingerprint density at radius 1 is 1.33 bits per heavy atom. The summed E-state index contributed by atoms with van der Waals surface area (Å²) in [5.74, 6) is 1.15. The summed E-state index contributed by atoms with van der Waals surface area (Å²) in [6.45, 7) is 2.77. The molecular formula is C13H20ClNO3. The van der Waals surface area contributed by atoms with Crippen molar-refractivity contribution in [2.75, 3.05) is 20.8 Å². The molecule has 2 N–H and O–H groups in total. The van der Waals surface area contributed by atoms with Gasteiger partial charge in [-0.05, 0) is 24.1 Å². The number of aliphatic hydroxyl groups is 1. The lowest BCUT2D eigenvalue weighted by Gasteiger charge is -2.16. The lowest BCUT2D eigenvalue weighted by atomic mass is 10.1. The second-order valence-corrected chi connectivity index (χ2v) is 4.39. The smallest absolute Gasteiger partial charge is 0.179 e. The van der Waals surface area contributed by atoms with Gasteiger partial charge in [-0.3, -0.25) is 0 Å². The number of nitrogens with one attached hydrogen (secondary N) is 1. The summed E-state index contributed by atoms with van der Waals surface area (Å²) in [5, 5.41) is 12.9. The van der Waals surface area contributed by atoms with Crippen LogP contribution in [0.3, 0.4) is 0 Å². The van der Waals surface area contributed by atoms with E-state index in [9.17, 15) is 0 Å². The van der Waals surface area contributed by atoms with Crippen LogP contribution in [0, 0.1) is 0 Å². The maximum absolute atomic E-state index is 9.11. The molecule has 1 aromatic carbocycles. The first-order valence-corrected chi connectivity index (χ1v) is 6.28. The third-order valence-electron chi connectivity index (χ3n) is 2.80. The number of rotatable bonds is 7. The quantitative estimate of drug-likeness (QED) is 0.800. The second-order valence-electron chi connectivity index (χ2n) is 3.98. The van der Waals surface area contributed by atoms with Gasteiger partial charge in [-0.2, -0.15) is 0 Å². The van der Waals surface area contributed by atoms with Gasteiger partial charge in [0.25, 0.3) is 0 Å². The Morgan fingerprint density at radius 3 is 2.56 bits per heavy atom. The fraction of sp³-hybridized carbons (Fsp3) is 0.538.